The van der Waals surface area contributed by atoms with Gasteiger partial charge in [-0.05, 0) is 35.9 Å². The van der Waals surface area contributed by atoms with E-state index in [1.165, 1.54) is 6.08 Å². The molecule has 0 N–H and O–H groups in total. The number of hydrogen-bond donors (Lipinski definition) is 0. The van der Waals surface area contributed by atoms with Gasteiger partial charge in [0.05, 0.1) is 5.56 Å². The first-order valence-electron chi connectivity index (χ1n) is 5.98. The summed E-state index contributed by atoms with van der Waals surface area (Å²) in [7, 11) is 0. The molecule has 20 heavy (non-hydrogen) atoms. The number of rotatable bonds is 1. The van der Waals surface area contributed by atoms with E-state index in [0.717, 1.165) is 0 Å². The third-order valence-corrected chi connectivity index (χ3v) is 3.23. The van der Waals surface area contributed by atoms with E-state index in [1.54, 1.807) is 48.5 Å². The smallest absolute Gasteiger partial charge is 0.347 e. The number of carbonyl (C=O) groups excluding carboxylic acids is 2. The Bertz CT molecular complexity index is 730. The Morgan fingerprint density at radius 1 is 0.950 bits per heavy atom. The van der Waals surface area contributed by atoms with Gasteiger partial charge in [-0.3, -0.25) is 4.79 Å². The molecule has 3 rings (SSSR count). The Morgan fingerprint density at radius 2 is 1.65 bits per heavy atom. The highest BCUT2D eigenvalue weighted by Crippen LogP contribution is 2.28. The first-order valence-corrected chi connectivity index (χ1v) is 6.36. The number of hydrogen-bond acceptors (Lipinski definition) is 3. The number of benzene rings is 2. The number of ketones is 1. The molecular formula is C16H9ClO3. The second-order valence-corrected chi connectivity index (χ2v) is 4.76. The predicted octanol–water partition coefficient (Wildman–Crippen LogP) is 3.53. The van der Waals surface area contributed by atoms with Gasteiger partial charge in [0.1, 0.15) is 11.3 Å². The zero-order chi connectivity index (χ0) is 14.1. The van der Waals surface area contributed by atoms with E-state index in [-0.39, 0.29) is 11.4 Å². The SMILES string of the molecule is O=C1Oc2ccccc2C(=O)/C1=C/c1ccc(Cl)cc1. The van der Waals surface area contributed by atoms with E-state index < -0.39 is 5.97 Å². The molecular weight excluding hydrogens is 276 g/mol. The summed E-state index contributed by atoms with van der Waals surface area (Å²) in [5.74, 6) is -0.661. The van der Waals surface area contributed by atoms with Gasteiger partial charge in [-0.2, -0.15) is 0 Å². The Morgan fingerprint density at radius 3 is 2.40 bits per heavy atom. The highest BCUT2D eigenvalue weighted by atomic mass is 35.5. The van der Waals surface area contributed by atoms with Gasteiger partial charge in [-0.15, -0.1) is 0 Å². The van der Waals surface area contributed by atoms with E-state index >= 15 is 0 Å². The third kappa shape index (κ3) is 2.24. The summed E-state index contributed by atoms with van der Waals surface area (Å²) in [6, 6.07) is 13.5. The average Bonchev–Trinajstić information content (AvgIpc) is 2.45. The molecule has 98 valence electrons. The maximum Gasteiger partial charge on any atom is 0.347 e. The van der Waals surface area contributed by atoms with Crippen LogP contribution in [0.5, 0.6) is 5.75 Å². The van der Waals surface area contributed by atoms with E-state index in [2.05, 4.69) is 0 Å². The van der Waals surface area contributed by atoms with Gasteiger partial charge in [0.2, 0.25) is 5.78 Å². The summed E-state index contributed by atoms with van der Waals surface area (Å²) < 4.78 is 5.16. The molecule has 0 radical (unpaired) electrons. The summed E-state index contributed by atoms with van der Waals surface area (Å²) in [5, 5.41) is 0.593. The van der Waals surface area contributed by atoms with E-state index in [0.29, 0.717) is 21.9 Å². The second-order valence-electron chi connectivity index (χ2n) is 4.32. The molecule has 1 aliphatic rings. The molecule has 4 heteroatoms. The molecule has 0 bridgehead atoms. The standard InChI is InChI=1S/C16H9ClO3/c17-11-7-5-10(6-8-11)9-13-15(18)12-3-1-2-4-14(12)20-16(13)19/h1-9H/b13-9-. The molecule has 0 aliphatic carbocycles. The van der Waals surface area contributed by atoms with Gasteiger partial charge in [0.15, 0.2) is 0 Å². The van der Waals surface area contributed by atoms with Crippen LogP contribution in [0.25, 0.3) is 6.08 Å². The van der Waals surface area contributed by atoms with Crippen molar-refractivity contribution in [2.75, 3.05) is 0 Å². The monoisotopic (exact) mass is 284 g/mol. The van der Waals surface area contributed by atoms with Crippen LogP contribution in [0.1, 0.15) is 15.9 Å². The highest BCUT2D eigenvalue weighted by molar-refractivity contribution is 6.31. The lowest BCUT2D eigenvalue weighted by Gasteiger charge is -2.16. The topological polar surface area (TPSA) is 43.4 Å². The van der Waals surface area contributed by atoms with Crippen molar-refractivity contribution in [1.82, 2.24) is 0 Å². The predicted molar refractivity (Wildman–Crippen MR) is 75.8 cm³/mol. The molecule has 2 aromatic rings. The number of ether oxygens (including phenoxy) is 1. The van der Waals surface area contributed by atoms with Crippen molar-refractivity contribution in [3.8, 4) is 5.75 Å². The van der Waals surface area contributed by atoms with E-state index in [1.807, 2.05) is 0 Å². The van der Waals surface area contributed by atoms with Crippen molar-refractivity contribution in [3.05, 3.63) is 70.3 Å². The average molecular weight is 285 g/mol. The van der Waals surface area contributed by atoms with Gasteiger partial charge in [0, 0.05) is 5.02 Å². The zero-order valence-electron chi connectivity index (χ0n) is 10.3. The van der Waals surface area contributed by atoms with Crippen molar-refractivity contribution >= 4 is 29.4 Å². The van der Waals surface area contributed by atoms with Gasteiger partial charge < -0.3 is 4.74 Å². The minimum absolute atomic E-state index is 0.0195. The number of Topliss-reactive ketones (excluding diaryl/α,β-unsaturated/α-hetero) is 1. The number of halogens is 1. The second kappa shape index (κ2) is 4.94. The lowest BCUT2D eigenvalue weighted by atomic mass is 9.98. The molecule has 0 spiro atoms. The number of esters is 1. The molecule has 0 aromatic heterocycles. The van der Waals surface area contributed by atoms with Crippen LogP contribution in [0.3, 0.4) is 0 Å². The maximum absolute atomic E-state index is 12.3. The Kier molecular flexibility index (Phi) is 3.12. The van der Waals surface area contributed by atoms with Crippen LogP contribution < -0.4 is 4.74 Å². The van der Waals surface area contributed by atoms with Crippen LogP contribution in [0.2, 0.25) is 5.02 Å². The summed E-state index contributed by atoms with van der Waals surface area (Å²) in [4.78, 5) is 24.2. The minimum Gasteiger partial charge on any atom is -0.422 e. The molecule has 0 amide bonds. The number of carbonyl (C=O) groups is 2. The van der Waals surface area contributed by atoms with Crippen LogP contribution in [-0.2, 0) is 4.79 Å². The molecule has 0 unspecified atom stereocenters. The largest absolute Gasteiger partial charge is 0.422 e. The molecule has 0 saturated carbocycles. The summed E-state index contributed by atoms with van der Waals surface area (Å²) in [6.45, 7) is 0. The summed E-state index contributed by atoms with van der Waals surface area (Å²) >= 11 is 5.80. The lowest BCUT2D eigenvalue weighted by Crippen LogP contribution is -2.24. The maximum atomic E-state index is 12.3. The Balaban J connectivity index is 2.04. The molecule has 0 saturated heterocycles. The van der Waals surface area contributed by atoms with Crippen molar-refractivity contribution in [1.29, 1.82) is 0 Å². The number of fused-ring (bicyclic) bond motifs is 1. The van der Waals surface area contributed by atoms with Crippen LogP contribution in [-0.4, -0.2) is 11.8 Å². The minimum atomic E-state index is -0.636. The van der Waals surface area contributed by atoms with Gasteiger partial charge in [-0.25, -0.2) is 4.79 Å². The number of para-hydroxylation sites is 1. The summed E-state index contributed by atoms with van der Waals surface area (Å²) in [5.41, 5.74) is 1.13. The molecule has 0 fully saturated rings. The fraction of sp³-hybridized carbons (Fsp3) is 0. The molecule has 1 aliphatic heterocycles. The van der Waals surface area contributed by atoms with Crippen LogP contribution in [0.15, 0.2) is 54.1 Å². The van der Waals surface area contributed by atoms with Gasteiger partial charge in [0.25, 0.3) is 0 Å². The molecule has 0 atom stereocenters. The Hall–Kier alpha value is -2.39. The third-order valence-electron chi connectivity index (χ3n) is 2.98. The van der Waals surface area contributed by atoms with Crippen LogP contribution in [0, 0.1) is 0 Å². The lowest BCUT2D eigenvalue weighted by molar-refractivity contribution is -0.130. The normalized spacial score (nSPS) is 15.9. The summed E-state index contributed by atoms with van der Waals surface area (Å²) in [6.07, 6.45) is 1.51. The van der Waals surface area contributed by atoms with Crippen LogP contribution >= 0.6 is 11.6 Å². The first kappa shape index (κ1) is 12.6. The van der Waals surface area contributed by atoms with Crippen molar-refractivity contribution in [3.63, 3.8) is 0 Å². The van der Waals surface area contributed by atoms with Gasteiger partial charge in [-0.1, -0.05) is 35.9 Å². The molecule has 1 heterocycles. The quantitative estimate of drug-likeness (QED) is 0.348. The van der Waals surface area contributed by atoms with Crippen molar-refractivity contribution in [2.45, 2.75) is 0 Å². The van der Waals surface area contributed by atoms with Crippen molar-refractivity contribution in [2.24, 2.45) is 0 Å². The van der Waals surface area contributed by atoms with Crippen LogP contribution in [0.4, 0.5) is 0 Å². The van der Waals surface area contributed by atoms with E-state index in [9.17, 15) is 9.59 Å². The highest BCUT2D eigenvalue weighted by Gasteiger charge is 2.30. The Labute approximate surface area is 120 Å². The molecule has 3 nitrogen and oxygen atoms in total. The zero-order valence-corrected chi connectivity index (χ0v) is 11.1. The van der Waals surface area contributed by atoms with Crippen molar-refractivity contribution < 1.29 is 14.3 Å². The fourth-order valence-electron chi connectivity index (χ4n) is 1.99. The molecule has 2 aromatic carbocycles. The van der Waals surface area contributed by atoms with Gasteiger partial charge >= 0.3 is 5.97 Å². The van der Waals surface area contributed by atoms with E-state index in [4.69, 9.17) is 16.3 Å². The first-order chi connectivity index (χ1) is 9.65. The fourth-order valence-corrected chi connectivity index (χ4v) is 2.11.